The van der Waals surface area contributed by atoms with Gasteiger partial charge in [0.05, 0.1) is 16.5 Å². The van der Waals surface area contributed by atoms with Crippen molar-refractivity contribution in [1.29, 1.82) is 0 Å². The third-order valence-corrected chi connectivity index (χ3v) is 10.5. The molecule has 0 spiro atoms. The predicted octanol–water partition coefficient (Wildman–Crippen LogP) is 13.1. The molecule has 8 aromatic carbocycles. The molecule has 0 fully saturated rings. The van der Waals surface area contributed by atoms with E-state index in [4.69, 9.17) is 4.42 Å². The van der Waals surface area contributed by atoms with Crippen molar-refractivity contribution in [3.05, 3.63) is 222 Å². The van der Waals surface area contributed by atoms with E-state index in [1.807, 2.05) is 0 Å². The van der Waals surface area contributed by atoms with Crippen LogP contribution in [0.4, 0.5) is 17.1 Å². The molecule has 1 aliphatic carbocycles. The molecule has 0 atom stereocenters. The van der Waals surface area contributed by atoms with Crippen molar-refractivity contribution >= 4 is 39.0 Å². The first-order valence-corrected chi connectivity index (χ1v) is 17.5. The molecule has 9 aromatic rings. The second-order valence-electron chi connectivity index (χ2n) is 13.2. The molecule has 240 valence electrons. The summed E-state index contributed by atoms with van der Waals surface area (Å²) in [5, 5.41) is 2.19. The summed E-state index contributed by atoms with van der Waals surface area (Å²) in [7, 11) is 0. The van der Waals surface area contributed by atoms with E-state index in [0.717, 1.165) is 44.6 Å². The van der Waals surface area contributed by atoms with Crippen LogP contribution in [0.25, 0.3) is 44.2 Å². The zero-order chi connectivity index (χ0) is 33.8. The molecule has 1 aliphatic rings. The molecule has 1 heterocycles. The molecular weight excluding hydrogens is 619 g/mol. The quantitative estimate of drug-likeness (QED) is 0.178. The van der Waals surface area contributed by atoms with Gasteiger partial charge in [0.2, 0.25) is 0 Å². The highest BCUT2D eigenvalue weighted by molar-refractivity contribution is 6.19. The zero-order valence-corrected chi connectivity index (χ0v) is 27.9. The first kappa shape index (κ1) is 29.3. The minimum absolute atomic E-state index is 0.579. The van der Waals surface area contributed by atoms with E-state index in [-0.39, 0.29) is 0 Å². The van der Waals surface area contributed by atoms with Gasteiger partial charge in [0, 0.05) is 22.3 Å². The molecule has 0 radical (unpaired) electrons. The number of hydrogen-bond acceptors (Lipinski definition) is 2. The Morgan fingerprint density at radius 1 is 0.412 bits per heavy atom. The number of rotatable bonds is 6. The molecule has 2 heteroatoms. The van der Waals surface area contributed by atoms with Crippen molar-refractivity contribution in [2.45, 2.75) is 5.41 Å². The number of para-hydroxylation sites is 2. The topological polar surface area (TPSA) is 16.4 Å². The van der Waals surface area contributed by atoms with Crippen molar-refractivity contribution in [1.82, 2.24) is 0 Å². The molecule has 0 unspecified atom stereocenters. The number of nitrogens with zero attached hydrogens (tertiary/aromatic N) is 1. The number of hydrogen-bond donors (Lipinski definition) is 0. The lowest BCUT2D eigenvalue weighted by Gasteiger charge is -2.34. The second-order valence-corrected chi connectivity index (χ2v) is 13.2. The van der Waals surface area contributed by atoms with Crippen LogP contribution in [0.5, 0.6) is 0 Å². The molecule has 0 amide bonds. The third-order valence-electron chi connectivity index (χ3n) is 10.5. The van der Waals surface area contributed by atoms with Gasteiger partial charge in [-0.05, 0) is 81.4 Å². The molecule has 1 aromatic heterocycles. The Kier molecular flexibility index (Phi) is 6.75. The monoisotopic (exact) mass is 651 g/mol. The fourth-order valence-corrected chi connectivity index (χ4v) is 8.42. The van der Waals surface area contributed by atoms with Gasteiger partial charge in [0.15, 0.2) is 0 Å². The van der Waals surface area contributed by atoms with Gasteiger partial charge in [-0.3, -0.25) is 0 Å². The number of furan rings is 1. The summed E-state index contributed by atoms with van der Waals surface area (Å²) in [6.45, 7) is 0. The van der Waals surface area contributed by atoms with Crippen LogP contribution in [0.3, 0.4) is 0 Å². The summed E-state index contributed by atoms with van der Waals surface area (Å²) in [6.07, 6.45) is 0. The van der Waals surface area contributed by atoms with E-state index >= 15 is 0 Å². The van der Waals surface area contributed by atoms with Crippen LogP contribution in [0.1, 0.15) is 22.3 Å². The van der Waals surface area contributed by atoms with Crippen LogP contribution in [-0.2, 0) is 5.41 Å². The Morgan fingerprint density at radius 3 is 1.55 bits per heavy atom. The van der Waals surface area contributed by atoms with Gasteiger partial charge in [-0.25, -0.2) is 0 Å². The van der Waals surface area contributed by atoms with Gasteiger partial charge in [-0.1, -0.05) is 158 Å². The molecule has 0 saturated carbocycles. The summed E-state index contributed by atoms with van der Waals surface area (Å²) >= 11 is 0. The lowest BCUT2D eigenvalue weighted by Crippen LogP contribution is -2.28. The summed E-state index contributed by atoms with van der Waals surface area (Å²) in [5.41, 5.74) is 14.1. The Balaban J connectivity index is 1.41. The zero-order valence-electron chi connectivity index (χ0n) is 27.9. The van der Waals surface area contributed by atoms with Gasteiger partial charge in [-0.2, -0.15) is 0 Å². The van der Waals surface area contributed by atoms with E-state index in [1.165, 1.54) is 38.9 Å². The highest BCUT2D eigenvalue weighted by atomic mass is 16.3. The van der Waals surface area contributed by atoms with Crippen molar-refractivity contribution < 1.29 is 4.42 Å². The number of anilines is 3. The van der Waals surface area contributed by atoms with Gasteiger partial charge in [0.25, 0.3) is 0 Å². The highest BCUT2D eigenvalue weighted by Crippen LogP contribution is 2.62. The van der Waals surface area contributed by atoms with E-state index in [2.05, 4.69) is 205 Å². The van der Waals surface area contributed by atoms with E-state index in [9.17, 15) is 0 Å². The predicted molar refractivity (Wildman–Crippen MR) is 211 cm³/mol. The fraction of sp³-hybridized carbons (Fsp3) is 0.0204. The highest BCUT2D eigenvalue weighted by Gasteiger charge is 2.48. The van der Waals surface area contributed by atoms with Gasteiger partial charge in [-0.15, -0.1) is 0 Å². The van der Waals surface area contributed by atoms with Crippen LogP contribution < -0.4 is 4.90 Å². The van der Waals surface area contributed by atoms with Crippen LogP contribution in [0.15, 0.2) is 205 Å². The Hall–Kier alpha value is -6.64. The van der Waals surface area contributed by atoms with Gasteiger partial charge in [0.1, 0.15) is 11.2 Å². The largest absolute Gasteiger partial charge is 0.456 e. The Bertz CT molecular complexity index is 2580. The Labute approximate surface area is 297 Å². The van der Waals surface area contributed by atoms with E-state index < -0.39 is 5.41 Å². The summed E-state index contributed by atoms with van der Waals surface area (Å²) in [6, 6.07) is 72.0. The maximum absolute atomic E-state index is 7.04. The lowest BCUT2D eigenvalue weighted by atomic mass is 9.67. The van der Waals surface area contributed by atoms with Crippen LogP contribution in [-0.4, -0.2) is 0 Å². The first-order chi connectivity index (χ1) is 25.3. The fourth-order valence-electron chi connectivity index (χ4n) is 8.42. The standard InChI is InChI=1S/C49H33NO/c1-6-18-34(19-7-1)35-30-31-41-44(32-35)51-45-33-43-46(48(47(41)45)50(38-24-12-4-13-25-38)39-26-14-5-15-27-39)40-28-16-17-29-42(40)49(43,36-20-8-2-9-21-36)37-22-10-3-11-23-37/h1-33H. The second kappa shape index (κ2) is 11.8. The average molecular weight is 652 g/mol. The number of fused-ring (bicyclic) bond motifs is 6. The average Bonchev–Trinajstić information content (AvgIpc) is 3.73. The molecule has 2 nitrogen and oxygen atoms in total. The third kappa shape index (κ3) is 4.43. The van der Waals surface area contributed by atoms with Gasteiger partial charge < -0.3 is 9.32 Å². The van der Waals surface area contributed by atoms with Crippen molar-refractivity contribution in [3.63, 3.8) is 0 Å². The maximum atomic E-state index is 7.04. The SMILES string of the molecule is c1ccc(-c2ccc3c(c2)oc2cc4c(c(N(c5ccccc5)c5ccccc5)c23)-c2ccccc2C4(c2ccccc2)c2ccccc2)cc1. The minimum atomic E-state index is -0.579. The minimum Gasteiger partial charge on any atom is -0.456 e. The van der Waals surface area contributed by atoms with Crippen LogP contribution in [0.2, 0.25) is 0 Å². The van der Waals surface area contributed by atoms with Gasteiger partial charge >= 0.3 is 0 Å². The van der Waals surface area contributed by atoms with Crippen molar-refractivity contribution in [3.8, 4) is 22.3 Å². The lowest BCUT2D eigenvalue weighted by molar-refractivity contribution is 0.666. The molecule has 0 saturated heterocycles. The van der Waals surface area contributed by atoms with Crippen LogP contribution >= 0.6 is 0 Å². The summed E-state index contributed by atoms with van der Waals surface area (Å²) < 4.78 is 7.04. The normalized spacial score (nSPS) is 12.9. The van der Waals surface area contributed by atoms with E-state index in [1.54, 1.807) is 0 Å². The summed E-state index contributed by atoms with van der Waals surface area (Å²) in [4.78, 5) is 2.43. The molecule has 10 rings (SSSR count). The number of benzene rings is 8. The first-order valence-electron chi connectivity index (χ1n) is 17.5. The smallest absolute Gasteiger partial charge is 0.137 e. The molecule has 0 aliphatic heterocycles. The van der Waals surface area contributed by atoms with E-state index in [0.29, 0.717) is 0 Å². The van der Waals surface area contributed by atoms with Crippen LogP contribution in [0, 0.1) is 0 Å². The molecule has 0 N–H and O–H groups in total. The van der Waals surface area contributed by atoms with Crippen molar-refractivity contribution in [2.24, 2.45) is 0 Å². The molecular formula is C49H33NO. The summed E-state index contributed by atoms with van der Waals surface area (Å²) in [5.74, 6) is 0. The molecule has 0 bridgehead atoms. The molecule has 51 heavy (non-hydrogen) atoms. The maximum Gasteiger partial charge on any atom is 0.137 e. The van der Waals surface area contributed by atoms with Crippen molar-refractivity contribution in [2.75, 3.05) is 4.90 Å². The Morgan fingerprint density at radius 2 is 0.941 bits per heavy atom.